The van der Waals surface area contributed by atoms with Gasteiger partial charge in [0.1, 0.15) is 0 Å². The van der Waals surface area contributed by atoms with Crippen LogP contribution in [0.2, 0.25) is 16.6 Å². The summed E-state index contributed by atoms with van der Waals surface area (Å²) in [6.07, 6.45) is 0.0804. The zero-order valence-electron chi connectivity index (χ0n) is 14.5. The SMILES string of the molecule is CC(C)[Si](OC[C@H](O)[C@H](C)[C@H]1O[C@H]1C)(C(C)C)C(C)C. The van der Waals surface area contributed by atoms with Crippen molar-refractivity contribution < 1.29 is 14.3 Å². The summed E-state index contributed by atoms with van der Waals surface area (Å²) in [7, 11) is -1.87. The fraction of sp³-hybridized carbons (Fsp3) is 1.00. The topological polar surface area (TPSA) is 42.0 Å². The maximum Gasteiger partial charge on any atom is 0.200 e. The number of epoxide rings is 1. The van der Waals surface area contributed by atoms with E-state index in [-0.39, 0.29) is 12.0 Å². The van der Waals surface area contributed by atoms with E-state index >= 15 is 0 Å². The molecule has 0 saturated carbocycles. The van der Waals surface area contributed by atoms with E-state index in [1.54, 1.807) is 0 Å². The lowest BCUT2D eigenvalue weighted by molar-refractivity contribution is 0.0455. The molecule has 0 aliphatic carbocycles. The molecule has 4 atom stereocenters. The van der Waals surface area contributed by atoms with Crippen molar-refractivity contribution in [2.75, 3.05) is 6.61 Å². The average Bonchev–Trinajstić information content (AvgIpc) is 3.04. The second-order valence-electron chi connectivity index (χ2n) is 7.36. The predicted molar refractivity (Wildman–Crippen MR) is 86.5 cm³/mol. The highest BCUT2D eigenvalue weighted by molar-refractivity contribution is 6.77. The molecule has 120 valence electrons. The van der Waals surface area contributed by atoms with E-state index in [1.807, 2.05) is 0 Å². The lowest BCUT2D eigenvalue weighted by Gasteiger charge is -2.43. The van der Waals surface area contributed by atoms with E-state index in [1.165, 1.54) is 0 Å². The van der Waals surface area contributed by atoms with Crippen LogP contribution in [0.4, 0.5) is 0 Å². The van der Waals surface area contributed by atoms with Crippen LogP contribution in [0.15, 0.2) is 0 Å². The minimum Gasteiger partial charge on any atom is -0.413 e. The first-order valence-corrected chi connectivity index (χ1v) is 10.3. The van der Waals surface area contributed by atoms with Crippen LogP contribution in [0.3, 0.4) is 0 Å². The van der Waals surface area contributed by atoms with Gasteiger partial charge in [-0.1, -0.05) is 48.5 Å². The number of ether oxygens (including phenoxy) is 1. The molecule has 0 radical (unpaired) electrons. The maximum atomic E-state index is 10.4. The molecule has 1 heterocycles. The highest BCUT2D eigenvalue weighted by atomic mass is 28.4. The van der Waals surface area contributed by atoms with Crippen molar-refractivity contribution in [1.29, 1.82) is 0 Å². The number of rotatable bonds is 8. The first-order valence-electron chi connectivity index (χ1n) is 8.12. The molecule has 1 aliphatic rings. The first kappa shape index (κ1) is 18.1. The highest BCUT2D eigenvalue weighted by Gasteiger charge is 2.47. The Hall–Kier alpha value is 0.0969. The Morgan fingerprint density at radius 1 is 1.00 bits per heavy atom. The van der Waals surface area contributed by atoms with Crippen molar-refractivity contribution in [3.63, 3.8) is 0 Å². The largest absolute Gasteiger partial charge is 0.413 e. The summed E-state index contributed by atoms with van der Waals surface area (Å²) in [5, 5.41) is 10.4. The molecule has 1 saturated heterocycles. The fourth-order valence-electron chi connectivity index (χ4n) is 3.85. The number of aliphatic hydroxyl groups excluding tert-OH is 1. The third kappa shape index (κ3) is 3.64. The van der Waals surface area contributed by atoms with Crippen molar-refractivity contribution in [3.05, 3.63) is 0 Å². The van der Waals surface area contributed by atoms with Gasteiger partial charge in [0.05, 0.1) is 24.9 Å². The minimum absolute atomic E-state index is 0.156. The van der Waals surface area contributed by atoms with Crippen molar-refractivity contribution in [2.24, 2.45) is 5.92 Å². The summed E-state index contributed by atoms with van der Waals surface area (Å²) in [5.41, 5.74) is 1.67. The molecule has 0 aromatic heterocycles. The van der Waals surface area contributed by atoms with Gasteiger partial charge in [-0.2, -0.15) is 0 Å². The smallest absolute Gasteiger partial charge is 0.200 e. The Labute approximate surface area is 126 Å². The summed E-state index contributed by atoms with van der Waals surface area (Å²) in [6, 6.07) is 0. The Kier molecular flexibility index (Phi) is 6.26. The molecule has 1 N–H and O–H groups in total. The number of hydrogen-bond acceptors (Lipinski definition) is 3. The van der Waals surface area contributed by atoms with Crippen molar-refractivity contribution in [3.8, 4) is 0 Å². The van der Waals surface area contributed by atoms with Gasteiger partial charge in [0.15, 0.2) is 8.32 Å². The van der Waals surface area contributed by atoms with E-state index in [0.717, 1.165) is 0 Å². The predicted octanol–water partition coefficient (Wildman–Crippen LogP) is 3.96. The Morgan fingerprint density at radius 2 is 1.40 bits per heavy atom. The standard InChI is InChI=1S/C16H34O3Si/c1-10(2)20(11(3)4,12(5)6)18-9-15(17)13(7)16-14(8)19-16/h10-17H,9H2,1-8H3/t13-,14-,15-,16+/m0/s1. The third-order valence-corrected chi connectivity index (χ3v) is 11.2. The zero-order valence-corrected chi connectivity index (χ0v) is 15.5. The van der Waals surface area contributed by atoms with Crippen LogP contribution in [0, 0.1) is 5.92 Å². The van der Waals surface area contributed by atoms with Crippen LogP contribution in [-0.4, -0.2) is 38.3 Å². The molecule has 0 bridgehead atoms. The fourth-order valence-corrected chi connectivity index (χ4v) is 9.31. The first-order chi connectivity index (χ1) is 9.14. The molecule has 3 nitrogen and oxygen atoms in total. The van der Waals surface area contributed by atoms with Gasteiger partial charge >= 0.3 is 0 Å². The van der Waals surface area contributed by atoms with E-state index in [0.29, 0.717) is 29.3 Å². The van der Waals surface area contributed by atoms with Gasteiger partial charge in [-0.05, 0) is 23.5 Å². The second-order valence-corrected chi connectivity index (χ2v) is 12.8. The van der Waals surface area contributed by atoms with Gasteiger partial charge < -0.3 is 14.3 Å². The van der Waals surface area contributed by atoms with Gasteiger partial charge in [0.2, 0.25) is 0 Å². The molecule has 4 heteroatoms. The normalized spacial score (nSPS) is 26.4. The van der Waals surface area contributed by atoms with E-state index in [9.17, 15) is 5.11 Å². The average molecular weight is 303 g/mol. The van der Waals surface area contributed by atoms with Crippen LogP contribution in [0.1, 0.15) is 55.4 Å². The maximum absolute atomic E-state index is 10.4. The molecule has 20 heavy (non-hydrogen) atoms. The van der Waals surface area contributed by atoms with E-state index in [4.69, 9.17) is 9.16 Å². The molecule has 0 amide bonds. The van der Waals surface area contributed by atoms with Crippen molar-refractivity contribution in [1.82, 2.24) is 0 Å². The third-order valence-electron chi connectivity index (χ3n) is 5.09. The van der Waals surface area contributed by atoms with Gasteiger partial charge in [-0.15, -0.1) is 0 Å². The number of hydrogen-bond donors (Lipinski definition) is 1. The highest BCUT2D eigenvalue weighted by Crippen LogP contribution is 2.42. The molecule has 0 unspecified atom stereocenters. The molecular weight excluding hydrogens is 268 g/mol. The summed E-state index contributed by atoms with van der Waals surface area (Å²) in [4.78, 5) is 0. The van der Waals surface area contributed by atoms with Crippen LogP contribution >= 0.6 is 0 Å². The Morgan fingerprint density at radius 3 is 1.70 bits per heavy atom. The molecule has 0 aromatic carbocycles. The van der Waals surface area contributed by atoms with E-state index < -0.39 is 14.4 Å². The van der Waals surface area contributed by atoms with Crippen LogP contribution in [-0.2, 0) is 9.16 Å². The Balaban J connectivity index is 2.66. The quantitative estimate of drug-likeness (QED) is 0.545. The molecule has 0 aromatic rings. The summed E-state index contributed by atoms with van der Waals surface area (Å²) < 4.78 is 11.9. The van der Waals surface area contributed by atoms with E-state index in [2.05, 4.69) is 55.4 Å². The van der Waals surface area contributed by atoms with Gasteiger partial charge in [-0.25, -0.2) is 0 Å². The van der Waals surface area contributed by atoms with Crippen molar-refractivity contribution in [2.45, 2.75) is 90.3 Å². The monoisotopic (exact) mass is 302 g/mol. The van der Waals surface area contributed by atoms with Crippen molar-refractivity contribution >= 4 is 8.32 Å². The summed E-state index contributed by atoms with van der Waals surface area (Å²) in [5.74, 6) is 0.156. The molecular formula is C16H34O3Si. The summed E-state index contributed by atoms with van der Waals surface area (Å²) >= 11 is 0. The zero-order chi connectivity index (χ0) is 15.7. The van der Waals surface area contributed by atoms with Gasteiger partial charge in [-0.3, -0.25) is 0 Å². The summed E-state index contributed by atoms with van der Waals surface area (Å²) in [6.45, 7) is 18.2. The lowest BCUT2D eigenvalue weighted by atomic mass is 10.00. The number of aliphatic hydroxyl groups is 1. The van der Waals surface area contributed by atoms with Crippen LogP contribution < -0.4 is 0 Å². The van der Waals surface area contributed by atoms with Gasteiger partial charge in [0.25, 0.3) is 0 Å². The molecule has 1 rings (SSSR count). The second kappa shape index (κ2) is 6.90. The Bertz CT molecular complexity index is 282. The molecule has 1 aliphatic heterocycles. The molecule has 1 fully saturated rings. The van der Waals surface area contributed by atoms with Gasteiger partial charge in [0, 0.05) is 5.92 Å². The lowest BCUT2D eigenvalue weighted by Crippen LogP contribution is -2.49. The van der Waals surface area contributed by atoms with Crippen LogP contribution in [0.25, 0.3) is 0 Å². The molecule has 0 spiro atoms. The van der Waals surface area contributed by atoms with Crippen LogP contribution in [0.5, 0.6) is 0 Å². The minimum atomic E-state index is -1.87.